The molecule has 1 unspecified atom stereocenters. The van der Waals surface area contributed by atoms with Gasteiger partial charge in [-0.05, 0) is 109 Å². The van der Waals surface area contributed by atoms with Crippen LogP contribution in [0, 0.1) is 0 Å². The zero-order valence-electron chi connectivity index (χ0n) is 48.3. The van der Waals surface area contributed by atoms with E-state index in [0.717, 1.165) is 103 Å². The van der Waals surface area contributed by atoms with Gasteiger partial charge in [0.25, 0.3) is 0 Å². The highest BCUT2D eigenvalue weighted by Crippen LogP contribution is 2.16. The number of hydrogen-bond donors (Lipinski definition) is 1. The van der Waals surface area contributed by atoms with Crippen LogP contribution in [0.1, 0.15) is 284 Å². The van der Waals surface area contributed by atoms with Crippen molar-refractivity contribution in [2.75, 3.05) is 13.2 Å². The van der Waals surface area contributed by atoms with E-state index in [4.69, 9.17) is 9.47 Å². The molecular formula is C69H116O5. The third-order valence-electron chi connectivity index (χ3n) is 13.2. The van der Waals surface area contributed by atoms with Crippen molar-refractivity contribution in [1.29, 1.82) is 0 Å². The van der Waals surface area contributed by atoms with Crippen molar-refractivity contribution in [3.63, 3.8) is 0 Å². The molecule has 0 amide bonds. The minimum Gasteiger partial charge on any atom is -0.462 e. The second-order valence-corrected chi connectivity index (χ2v) is 20.4. The molecular weight excluding hydrogens is 909 g/mol. The van der Waals surface area contributed by atoms with Crippen molar-refractivity contribution >= 4 is 11.9 Å². The molecule has 74 heavy (non-hydrogen) atoms. The van der Waals surface area contributed by atoms with Gasteiger partial charge in [0.1, 0.15) is 6.61 Å². The number of aliphatic hydroxyl groups is 1. The Morgan fingerprint density at radius 2 is 0.581 bits per heavy atom. The van der Waals surface area contributed by atoms with Crippen molar-refractivity contribution in [1.82, 2.24) is 0 Å². The van der Waals surface area contributed by atoms with Crippen molar-refractivity contribution in [2.45, 2.75) is 290 Å². The summed E-state index contributed by atoms with van der Waals surface area (Å²) in [5.74, 6) is -0.598. The number of aliphatic hydroxyl groups excluding tert-OH is 1. The molecule has 0 saturated carbocycles. The normalized spacial score (nSPS) is 13.1. The average molecular weight is 1030 g/mol. The van der Waals surface area contributed by atoms with E-state index in [1.165, 1.54) is 154 Å². The number of carbonyl (C=O) groups is 2. The fourth-order valence-electron chi connectivity index (χ4n) is 8.60. The Morgan fingerprint density at radius 1 is 0.324 bits per heavy atom. The van der Waals surface area contributed by atoms with Crippen molar-refractivity contribution in [3.05, 3.63) is 122 Å². The lowest BCUT2D eigenvalue weighted by Gasteiger charge is -2.15. The van der Waals surface area contributed by atoms with Crippen LogP contribution in [-0.4, -0.2) is 36.4 Å². The lowest BCUT2D eigenvalue weighted by Crippen LogP contribution is -2.28. The molecule has 0 aromatic carbocycles. The molecule has 5 nitrogen and oxygen atoms in total. The summed E-state index contributed by atoms with van der Waals surface area (Å²) in [5, 5.41) is 9.68. The largest absolute Gasteiger partial charge is 0.462 e. The standard InChI is InChI=1S/C69H116O5/c1-3-5-7-9-11-13-15-17-19-21-23-25-27-29-31-33-34-36-38-40-42-44-46-48-50-52-54-56-58-60-62-64-69(72)74-67(65-70)66-73-68(71)63-61-59-57-55-53-51-49-47-45-43-41-39-37-35-32-30-28-26-24-22-20-18-16-14-12-10-8-6-4-2/h5,7,11,13,16-19,22-25,28-31,34,36,40,42,67,70H,3-4,6,8-10,12,14-15,20-21,26-27,32-33,35,37-39,41,43-66H2,1-2H3/b7-5-,13-11-,18-16-,19-17-,24-22-,25-23-,30-28-,31-29-,36-34-,42-40-. The van der Waals surface area contributed by atoms with E-state index in [1.54, 1.807) is 0 Å². The molecule has 0 aliphatic carbocycles. The molecule has 1 N–H and O–H groups in total. The Morgan fingerprint density at radius 3 is 0.878 bits per heavy atom. The van der Waals surface area contributed by atoms with Crippen molar-refractivity contribution in [3.8, 4) is 0 Å². The van der Waals surface area contributed by atoms with Gasteiger partial charge in [-0.1, -0.05) is 283 Å². The number of esters is 2. The van der Waals surface area contributed by atoms with Crippen LogP contribution in [0.5, 0.6) is 0 Å². The number of allylic oxidation sites excluding steroid dienone is 20. The molecule has 5 heteroatoms. The number of rotatable bonds is 56. The Kier molecular flexibility index (Phi) is 60.4. The second-order valence-electron chi connectivity index (χ2n) is 20.4. The molecule has 0 aromatic rings. The maximum absolute atomic E-state index is 12.3. The van der Waals surface area contributed by atoms with E-state index in [0.29, 0.717) is 12.8 Å². The fourth-order valence-corrected chi connectivity index (χ4v) is 8.60. The predicted molar refractivity (Wildman–Crippen MR) is 325 cm³/mol. The summed E-state index contributed by atoms with van der Waals surface area (Å²) in [6.07, 6.45) is 93.2. The zero-order valence-corrected chi connectivity index (χ0v) is 48.3. The van der Waals surface area contributed by atoms with Crippen LogP contribution >= 0.6 is 0 Å². The minimum atomic E-state index is -0.785. The predicted octanol–water partition coefficient (Wildman–Crippen LogP) is 21.4. The summed E-state index contributed by atoms with van der Waals surface area (Å²) in [7, 11) is 0. The van der Waals surface area contributed by atoms with E-state index in [-0.39, 0.29) is 25.2 Å². The topological polar surface area (TPSA) is 72.8 Å². The van der Waals surface area contributed by atoms with E-state index < -0.39 is 6.10 Å². The molecule has 0 rings (SSSR count). The summed E-state index contributed by atoms with van der Waals surface area (Å²) in [6, 6.07) is 0. The highest BCUT2D eigenvalue weighted by Gasteiger charge is 2.16. The van der Waals surface area contributed by atoms with Crippen LogP contribution in [0.3, 0.4) is 0 Å². The quantitative estimate of drug-likeness (QED) is 0.0373. The maximum Gasteiger partial charge on any atom is 0.306 e. The fraction of sp³-hybridized carbons (Fsp3) is 0.681. The van der Waals surface area contributed by atoms with Gasteiger partial charge in [-0.2, -0.15) is 0 Å². The summed E-state index contributed by atoms with van der Waals surface area (Å²) < 4.78 is 10.7. The summed E-state index contributed by atoms with van der Waals surface area (Å²) >= 11 is 0. The molecule has 0 heterocycles. The van der Waals surface area contributed by atoms with Gasteiger partial charge in [-0.15, -0.1) is 0 Å². The van der Waals surface area contributed by atoms with Gasteiger partial charge in [0.15, 0.2) is 6.10 Å². The van der Waals surface area contributed by atoms with E-state index >= 15 is 0 Å². The molecule has 0 spiro atoms. The Labute approximate surface area is 458 Å². The average Bonchev–Trinajstić information content (AvgIpc) is 3.40. The van der Waals surface area contributed by atoms with Crippen molar-refractivity contribution in [2.24, 2.45) is 0 Å². The van der Waals surface area contributed by atoms with Crippen LogP contribution < -0.4 is 0 Å². The molecule has 0 saturated heterocycles. The highest BCUT2D eigenvalue weighted by atomic mass is 16.6. The molecule has 0 fully saturated rings. The molecule has 0 radical (unpaired) electrons. The van der Waals surface area contributed by atoms with Gasteiger partial charge in [-0.25, -0.2) is 0 Å². The van der Waals surface area contributed by atoms with E-state index in [2.05, 4.69) is 135 Å². The zero-order chi connectivity index (χ0) is 53.4. The van der Waals surface area contributed by atoms with Gasteiger partial charge < -0.3 is 14.6 Å². The van der Waals surface area contributed by atoms with E-state index in [9.17, 15) is 14.7 Å². The smallest absolute Gasteiger partial charge is 0.306 e. The second kappa shape index (κ2) is 63.6. The first-order valence-electron chi connectivity index (χ1n) is 31.1. The molecule has 0 aliphatic heterocycles. The third-order valence-corrected chi connectivity index (χ3v) is 13.2. The van der Waals surface area contributed by atoms with Gasteiger partial charge in [-0.3, -0.25) is 9.59 Å². The lowest BCUT2D eigenvalue weighted by molar-refractivity contribution is -0.161. The molecule has 0 aliphatic rings. The first-order chi connectivity index (χ1) is 36.6. The van der Waals surface area contributed by atoms with Gasteiger partial charge in [0, 0.05) is 12.8 Å². The third kappa shape index (κ3) is 60.9. The van der Waals surface area contributed by atoms with Crippen LogP contribution in [0.4, 0.5) is 0 Å². The molecule has 0 bridgehead atoms. The van der Waals surface area contributed by atoms with Crippen LogP contribution in [0.15, 0.2) is 122 Å². The molecule has 1 atom stereocenters. The number of unbranched alkanes of at least 4 members (excludes halogenated alkanes) is 28. The Hall–Kier alpha value is -3.70. The number of carbonyl (C=O) groups excluding carboxylic acids is 2. The number of ether oxygens (including phenoxy) is 2. The minimum absolute atomic E-state index is 0.0738. The molecule has 0 aromatic heterocycles. The SMILES string of the molecule is CC/C=C\C/C=C\C/C=C\C/C=C\C/C=C\C/C=C\C/C=C\CCCCCCCCCCCC(=O)OC(CO)COC(=O)CCCCCCCCCCCCCCCC/C=C\C/C=C\C/C=C\CCCCCCC. The van der Waals surface area contributed by atoms with Gasteiger partial charge >= 0.3 is 11.9 Å². The van der Waals surface area contributed by atoms with Crippen LogP contribution in [-0.2, 0) is 19.1 Å². The van der Waals surface area contributed by atoms with Crippen LogP contribution in [0.2, 0.25) is 0 Å². The van der Waals surface area contributed by atoms with Crippen molar-refractivity contribution < 1.29 is 24.2 Å². The first-order valence-corrected chi connectivity index (χ1v) is 31.1. The molecule has 422 valence electrons. The Balaban J connectivity index is 3.53. The lowest BCUT2D eigenvalue weighted by atomic mass is 10.0. The number of hydrogen-bond acceptors (Lipinski definition) is 5. The highest BCUT2D eigenvalue weighted by molar-refractivity contribution is 5.70. The first kappa shape index (κ1) is 70.3. The maximum atomic E-state index is 12.3. The van der Waals surface area contributed by atoms with Gasteiger partial charge in [0.2, 0.25) is 0 Å². The van der Waals surface area contributed by atoms with Gasteiger partial charge in [0.05, 0.1) is 6.61 Å². The summed E-state index contributed by atoms with van der Waals surface area (Å²) in [4.78, 5) is 24.6. The summed E-state index contributed by atoms with van der Waals surface area (Å²) in [5.41, 5.74) is 0. The monoisotopic (exact) mass is 1020 g/mol. The van der Waals surface area contributed by atoms with E-state index in [1.807, 2.05) is 0 Å². The summed E-state index contributed by atoms with van der Waals surface area (Å²) in [6.45, 7) is 4.02. The Bertz CT molecular complexity index is 1490. The van der Waals surface area contributed by atoms with Crippen LogP contribution in [0.25, 0.3) is 0 Å².